The van der Waals surface area contributed by atoms with Crippen molar-refractivity contribution >= 4 is 46.0 Å². The van der Waals surface area contributed by atoms with Crippen molar-refractivity contribution in [2.45, 2.75) is 26.3 Å². The average Bonchev–Trinajstić information content (AvgIpc) is 2.97. The smallest absolute Gasteiger partial charge is 0.208 e. The number of anilines is 1. The molecule has 0 saturated heterocycles. The van der Waals surface area contributed by atoms with Crippen molar-refractivity contribution < 1.29 is 4.79 Å². The quantitative estimate of drug-likeness (QED) is 0.545. The third-order valence-corrected chi connectivity index (χ3v) is 6.15. The molecule has 0 amide bonds. The predicted octanol–water partition coefficient (Wildman–Crippen LogP) is 5.86. The number of nitrogens with one attached hydrogen (secondary N) is 1. The van der Waals surface area contributed by atoms with Gasteiger partial charge in [0.1, 0.15) is 5.78 Å². The van der Waals surface area contributed by atoms with Gasteiger partial charge in [-0.25, -0.2) is 4.98 Å². The Morgan fingerprint density at radius 2 is 1.96 bits per heavy atom. The highest BCUT2D eigenvalue weighted by atomic mass is 35.5. The number of aromatic nitrogens is 2. The van der Waals surface area contributed by atoms with Gasteiger partial charge in [-0.05, 0) is 35.2 Å². The Hall–Kier alpha value is -2.30. The van der Waals surface area contributed by atoms with E-state index >= 15 is 0 Å². The van der Waals surface area contributed by atoms with Crippen molar-refractivity contribution in [3.05, 3.63) is 69.8 Å². The summed E-state index contributed by atoms with van der Waals surface area (Å²) >= 11 is 12.8. The van der Waals surface area contributed by atoms with Crippen LogP contribution in [0.25, 0.3) is 11.0 Å². The van der Waals surface area contributed by atoms with Gasteiger partial charge in [0, 0.05) is 22.2 Å². The van der Waals surface area contributed by atoms with Crippen LogP contribution < -0.4 is 5.32 Å². The third-order valence-electron chi connectivity index (χ3n) is 5.59. The number of halogens is 2. The number of benzene rings is 2. The van der Waals surface area contributed by atoms with Crippen LogP contribution in [-0.2, 0) is 4.79 Å². The van der Waals surface area contributed by atoms with Gasteiger partial charge in [0.2, 0.25) is 5.95 Å². The highest BCUT2D eigenvalue weighted by molar-refractivity contribution is 6.35. The molecule has 4 nitrogen and oxygen atoms in total. The topological polar surface area (TPSA) is 46.9 Å². The van der Waals surface area contributed by atoms with Crippen molar-refractivity contribution in [1.29, 1.82) is 0 Å². The van der Waals surface area contributed by atoms with Crippen molar-refractivity contribution in [3.63, 3.8) is 0 Å². The number of allylic oxidation sites excluding steroid dienone is 2. The van der Waals surface area contributed by atoms with Crippen LogP contribution in [0, 0.1) is 11.3 Å². The molecule has 1 aliphatic heterocycles. The number of hydrogen-bond acceptors (Lipinski definition) is 3. The molecule has 2 heterocycles. The van der Waals surface area contributed by atoms with Crippen molar-refractivity contribution in [1.82, 2.24) is 9.55 Å². The number of nitrogens with zero attached hydrogens (tertiary/aromatic N) is 2. The molecule has 2 atom stereocenters. The molecule has 1 N–H and O–H groups in total. The lowest BCUT2D eigenvalue weighted by molar-refractivity contribution is -0.124. The molecule has 2 unspecified atom stereocenters. The summed E-state index contributed by atoms with van der Waals surface area (Å²) in [6.07, 6.45) is 2.66. The molecule has 2 aromatic carbocycles. The van der Waals surface area contributed by atoms with E-state index in [9.17, 15) is 4.79 Å². The fraction of sp³-hybridized carbons (Fsp3) is 0.273. The van der Waals surface area contributed by atoms with E-state index in [4.69, 9.17) is 28.2 Å². The van der Waals surface area contributed by atoms with Crippen LogP contribution >= 0.6 is 23.2 Å². The first kappa shape index (κ1) is 17.8. The molecule has 0 saturated carbocycles. The summed E-state index contributed by atoms with van der Waals surface area (Å²) in [4.78, 5) is 18.1. The number of carbonyl (C=O) groups is 1. The Labute approximate surface area is 173 Å². The zero-order valence-corrected chi connectivity index (χ0v) is 17.1. The fourth-order valence-electron chi connectivity index (χ4n) is 4.51. The lowest BCUT2D eigenvalue weighted by Gasteiger charge is -2.41. The largest absolute Gasteiger partial charge is 0.329 e. The first-order chi connectivity index (χ1) is 13.3. The Morgan fingerprint density at radius 1 is 1.18 bits per heavy atom. The molecule has 142 valence electrons. The summed E-state index contributed by atoms with van der Waals surface area (Å²) in [5.74, 6) is 0.594. The van der Waals surface area contributed by atoms with Crippen LogP contribution in [0.1, 0.15) is 31.9 Å². The number of rotatable bonds is 1. The predicted molar refractivity (Wildman–Crippen MR) is 113 cm³/mol. The van der Waals surface area contributed by atoms with Crippen molar-refractivity contribution in [2.75, 3.05) is 5.32 Å². The second-order valence-corrected chi connectivity index (χ2v) is 9.08. The Kier molecular flexibility index (Phi) is 3.87. The molecule has 1 aliphatic carbocycles. The molecule has 0 spiro atoms. The van der Waals surface area contributed by atoms with Gasteiger partial charge in [-0.2, -0.15) is 0 Å². The zero-order chi connectivity index (χ0) is 19.6. The van der Waals surface area contributed by atoms with Gasteiger partial charge in [-0.15, -0.1) is 0 Å². The summed E-state index contributed by atoms with van der Waals surface area (Å²) in [6.45, 7) is 4.16. The van der Waals surface area contributed by atoms with Gasteiger partial charge in [-0.1, -0.05) is 61.3 Å². The highest BCUT2D eigenvalue weighted by Crippen LogP contribution is 2.48. The second-order valence-electron chi connectivity index (χ2n) is 8.24. The zero-order valence-electron chi connectivity index (χ0n) is 15.5. The van der Waals surface area contributed by atoms with Gasteiger partial charge < -0.3 is 9.88 Å². The lowest BCUT2D eigenvalue weighted by atomic mass is 9.72. The number of para-hydroxylation sites is 2. The van der Waals surface area contributed by atoms with E-state index in [0.29, 0.717) is 16.5 Å². The van der Waals surface area contributed by atoms with Crippen LogP contribution in [0.3, 0.4) is 0 Å². The minimum absolute atomic E-state index is 0.196. The van der Waals surface area contributed by atoms with Crippen LogP contribution in [0.5, 0.6) is 0 Å². The summed E-state index contributed by atoms with van der Waals surface area (Å²) < 4.78 is 2.10. The highest BCUT2D eigenvalue weighted by Gasteiger charge is 2.45. The second kappa shape index (κ2) is 6.10. The summed E-state index contributed by atoms with van der Waals surface area (Å²) in [5, 5.41) is 4.56. The summed E-state index contributed by atoms with van der Waals surface area (Å²) in [5.41, 5.74) is 3.43. The number of carbonyl (C=O) groups excluding carboxylic acids is 1. The van der Waals surface area contributed by atoms with Crippen LogP contribution in [-0.4, -0.2) is 15.3 Å². The minimum atomic E-state index is -0.336. The van der Waals surface area contributed by atoms with E-state index in [1.165, 1.54) is 0 Å². The van der Waals surface area contributed by atoms with E-state index < -0.39 is 0 Å². The van der Waals surface area contributed by atoms with Crippen molar-refractivity contribution in [3.8, 4) is 0 Å². The maximum atomic E-state index is 13.3. The maximum Gasteiger partial charge on any atom is 0.208 e. The van der Waals surface area contributed by atoms with Gasteiger partial charge in [0.25, 0.3) is 0 Å². The molecule has 0 bridgehead atoms. The standard InChI is InChI=1S/C22H19Cl2N3O/c1-22(2)10-16-19(18(28)11-22)20(13-8-7-12(23)9-14(13)24)27-17-6-4-3-5-15(17)25-21(27)26-16/h3-10,19-20H,11H2,1-2H3,(H,25,26). The molecule has 2 aliphatic rings. The van der Waals surface area contributed by atoms with E-state index in [1.54, 1.807) is 6.07 Å². The number of hydrogen-bond donors (Lipinski definition) is 1. The van der Waals surface area contributed by atoms with Crippen LogP contribution in [0.15, 0.2) is 54.2 Å². The molecule has 1 aromatic heterocycles. The Balaban J connectivity index is 1.82. The first-order valence-corrected chi connectivity index (χ1v) is 10.0. The molecular formula is C22H19Cl2N3O. The van der Waals surface area contributed by atoms with Crippen LogP contribution in [0.4, 0.5) is 5.95 Å². The molecule has 5 rings (SSSR count). The maximum absolute atomic E-state index is 13.3. The molecule has 3 aromatic rings. The molecule has 6 heteroatoms. The fourth-order valence-corrected chi connectivity index (χ4v) is 5.03. The van der Waals surface area contributed by atoms with Gasteiger partial charge in [0.15, 0.2) is 0 Å². The van der Waals surface area contributed by atoms with E-state index in [0.717, 1.165) is 28.2 Å². The SMILES string of the molecule is CC1(C)C=C2Nc3nc4ccccc4n3C(c3ccc(Cl)cc3Cl)C2C(=O)C1. The number of ketones is 1. The normalized spacial score (nSPS) is 23.0. The molecule has 0 radical (unpaired) electrons. The average molecular weight is 412 g/mol. The summed E-state index contributed by atoms with van der Waals surface area (Å²) in [6, 6.07) is 13.2. The molecular weight excluding hydrogens is 393 g/mol. The molecule has 28 heavy (non-hydrogen) atoms. The van der Waals surface area contributed by atoms with Gasteiger partial charge >= 0.3 is 0 Å². The monoisotopic (exact) mass is 411 g/mol. The molecule has 0 fully saturated rings. The Bertz CT molecular complexity index is 1160. The Morgan fingerprint density at radius 3 is 2.75 bits per heavy atom. The lowest BCUT2D eigenvalue weighted by Crippen LogP contribution is -2.41. The first-order valence-electron chi connectivity index (χ1n) is 9.28. The number of Topliss-reactive ketones (excluding diaryl/α,β-unsaturated/α-hetero) is 1. The van der Waals surface area contributed by atoms with E-state index in [1.807, 2.05) is 36.4 Å². The van der Waals surface area contributed by atoms with E-state index in [2.05, 4.69) is 29.8 Å². The third kappa shape index (κ3) is 2.66. The van der Waals surface area contributed by atoms with E-state index in [-0.39, 0.29) is 23.2 Å². The van der Waals surface area contributed by atoms with Gasteiger partial charge in [-0.3, -0.25) is 4.79 Å². The number of fused-ring (bicyclic) bond motifs is 4. The van der Waals surface area contributed by atoms with Crippen molar-refractivity contribution in [2.24, 2.45) is 11.3 Å². The number of imidazole rings is 1. The minimum Gasteiger partial charge on any atom is -0.329 e. The van der Waals surface area contributed by atoms with Crippen LogP contribution in [0.2, 0.25) is 10.0 Å². The van der Waals surface area contributed by atoms with Gasteiger partial charge in [0.05, 0.1) is 23.0 Å². The summed E-state index contributed by atoms with van der Waals surface area (Å²) in [7, 11) is 0.